The monoisotopic (exact) mass is 582 g/mol. The van der Waals surface area contributed by atoms with E-state index in [0.717, 1.165) is 12.8 Å². The van der Waals surface area contributed by atoms with Crippen molar-refractivity contribution in [1.29, 1.82) is 0 Å². The number of amides is 1. The smallest absolute Gasteiger partial charge is 0.328 e. The van der Waals surface area contributed by atoms with Crippen molar-refractivity contribution in [3.63, 3.8) is 0 Å². The van der Waals surface area contributed by atoms with Crippen LogP contribution < -0.4 is 11.1 Å². The zero-order valence-electron chi connectivity index (χ0n) is 21.7. The average Bonchev–Trinajstić information content (AvgIpc) is 2.83. The van der Waals surface area contributed by atoms with Gasteiger partial charge in [-0.1, -0.05) is 6.42 Å². The van der Waals surface area contributed by atoms with Gasteiger partial charge in [-0.15, -0.1) is 0 Å². The molecule has 0 aliphatic heterocycles. The number of hydrogen-bond donors (Lipinski definition) is 7. The molecule has 0 aliphatic carbocycles. The highest BCUT2D eigenvalue weighted by molar-refractivity contribution is 7.52. The number of carboxylic acids is 4. The van der Waals surface area contributed by atoms with Crippen LogP contribution in [0, 0.1) is 11.8 Å². The Morgan fingerprint density at radius 1 is 0.769 bits per heavy atom. The lowest BCUT2D eigenvalue weighted by Gasteiger charge is -2.18. The summed E-state index contributed by atoms with van der Waals surface area (Å²) in [5.74, 6) is -8.90. The molecule has 0 saturated heterocycles. The molecule has 8 N–H and O–H groups in total. The van der Waals surface area contributed by atoms with Crippen LogP contribution in [0.1, 0.15) is 70.6 Å². The number of nitrogens with one attached hydrogen (secondary N) is 1. The molecule has 0 bridgehead atoms. The number of carbonyl (C=O) groups excluding carboxylic acids is 2. The van der Waals surface area contributed by atoms with E-state index in [9.17, 15) is 48.4 Å². The van der Waals surface area contributed by atoms with E-state index >= 15 is 0 Å². The van der Waals surface area contributed by atoms with Gasteiger partial charge in [0.1, 0.15) is 11.8 Å². The van der Waals surface area contributed by atoms with Crippen LogP contribution in [0.25, 0.3) is 0 Å². The van der Waals surface area contributed by atoms with Gasteiger partial charge in [-0.05, 0) is 45.1 Å². The van der Waals surface area contributed by atoms with Gasteiger partial charge in [-0.2, -0.15) is 0 Å². The Balaban J connectivity index is 4.66. The molecule has 0 aromatic heterocycles. The van der Waals surface area contributed by atoms with Crippen LogP contribution in [0.15, 0.2) is 0 Å². The van der Waals surface area contributed by atoms with Crippen LogP contribution in [0.3, 0.4) is 0 Å². The van der Waals surface area contributed by atoms with Crippen LogP contribution in [0.4, 0.5) is 0 Å². The Bertz CT molecular complexity index is 895. The zero-order valence-corrected chi connectivity index (χ0v) is 22.6. The number of carbonyl (C=O) groups is 6. The van der Waals surface area contributed by atoms with Gasteiger partial charge in [0.25, 0.3) is 0 Å². The molecule has 0 aromatic carbocycles. The SMILES string of the molecule is NCCCCCC(=O)C[C@@H](CCC(=O)N[C@@H](CCCOP(=O)(O)CC(CCC(=O)O)C(=O)O)C(=O)O)C(=O)O. The van der Waals surface area contributed by atoms with Crippen molar-refractivity contribution >= 4 is 43.2 Å². The van der Waals surface area contributed by atoms with Crippen LogP contribution in [-0.2, 0) is 37.9 Å². The van der Waals surface area contributed by atoms with Gasteiger partial charge in [0.2, 0.25) is 5.91 Å². The van der Waals surface area contributed by atoms with E-state index in [-0.39, 0.29) is 50.7 Å². The topological polar surface area (TPSA) is 268 Å². The maximum atomic E-state index is 12.2. The van der Waals surface area contributed by atoms with E-state index in [0.29, 0.717) is 13.0 Å². The molecule has 2 unspecified atom stereocenters. The predicted octanol–water partition coefficient (Wildman–Crippen LogP) is 1.06. The van der Waals surface area contributed by atoms with E-state index in [1.165, 1.54) is 0 Å². The van der Waals surface area contributed by atoms with Crippen LogP contribution in [0.5, 0.6) is 0 Å². The number of ketones is 1. The van der Waals surface area contributed by atoms with Crippen molar-refractivity contribution in [1.82, 2.24) is 5.32 Å². The second kappa shape index (κ2) is 19.2. The van der Waals surface area contributed by atoms with E-state index in [2.05, 4.69) is 5.32 Å². The van der Waals surface area contributed by atoms with E-state index in [4.69, 9.17) is 20.5 Å². The van der Waals surface area contributed by atoms with Crippen molar-refractivity contribution in [3.05, 3.63) is 0 Å². The maximum Gasteiger partial charge on any atom is 0.328 e. The van der Waals surface area contributed by atoms with Crippen LogP contribution in [0.2, 0.25) is 0 Å². The van der Waals surface area contributed by atoms with Crippen molar-refractivity contribution in [2.45, 2.75) is 76.7 Å². The predicted molar refractivity (Wildman–Crippen MR) is 135 cm³/mol. The summed E-state index contributed by atoms with van der Waals surface area (Å²) in [6, 6.07) is -1.41. The molecule has 0 rings (SSSR count). The Kier molecular flexibility index (Phi) is 17.8. The Morgan fingerprint density at radius 3 is 1.92 bits per heavy atom. The molecule has 0 aromatic rings. The molecule has 1 amide bonds. The fourth-order valence-corrected chi connectivity index (χ4v) is 4.99. The first-order valence-corrected chi connectivity index (χ1v) is 14.3. The third kappa shape index (κ3) is 18.1. The number of Topliss-reactive ketones (excluding diaryl/α,β-unsaturated/α-hetero) is 1. The first-order valence-electron chi connectivity index (χ1n) is 12.6. The van der Waals surface area contributed by atoms with E-state index in [1.807, 2.05) is 0 Å². The minimum atomic E-state index is -4.42. The van der Waals surface area contributed by atoms with Crippen molar-refractivity contribution in [3.8, 4) is 0 Å². The minimum absolute atomic E-state index is 0.106. The molecule has 0 heterocycles. The Labute approximate surface area is 225 Å². The molecule has 0 aliphatic rings. The van der Waals surface area contributed by atoms with Crippen LogP contribution >= 0.6 is 7.60 Å². The number of rotatable bonds is 24. The number of nitrogens with two attached hydrogens (primary N) is 1. The third-order valence-electron chi connectivity index (χ3n) is 5.77. The quantitative estimate of drug-likeness (QED) is 0.0619. The van der Waals surface area contributed by atoms with Crippen molar-refractivity contribution < 1.29 is 63.2 Å². The molecule has 0 saturated carbocycles. The molecule has 39 heavy (non-hydrogen) atoms. The summed E-state index contributed by atoms with van der Waals surface area (Å²) in [5, 5.41) is 38.7. The molecule has 0 fully saturated rings. The van der Waals surface area contributed by atoms with Gasteiger partial charge >= 0.3 is 31.5 Å². The third-order valence-corrected chi connectivity index (χ3v) is 7.26. The van der Waals surface area contributed by atoms with Gasteiger partial charge in [0, 0.05) is 25.7 Å². The maximum absolute atomic E-state index is 12.2. The summed E-state index contributed by atoms with van der Waals surface area (Å²) in [6.45, 7) is 0.0597. The Hall–Kier alpha value is -2.87. The highest BCUT2D eigenvalue weighted by atomic mass is 31.2. The lowest BCUT2D eigenvalue weighted by atomic mass is 9.94. The summed E-state index contributed by atoms with van der Waals surface area (Å²) in [6.07, 6.45) is -0.503. The standard InChI is InChI=1S/C23H39N2O13P/c24-11-3-1-2-5-17(26)13-15(21(30)31)7-9-19(27)25-18(23(34)35)6-4-12-38-39(36,37)14-16(22(32)33)8-10-20(28)29/h15-16,18H,1-14,24H2,(H,25,27)(H,28,29)(H,30,31)(H,32,33)(H,34,35)(H,36,37)/t15-,16?,18+/m1/s1. The lowest BCUT2D eigenvalue weighted by Crippen LogP contribution is -2.41. The molecule has 16 heteroatoms. The number of aliphatic carboxylic acids is 4. The summed E-state index contributed by atoms with van der Waals surface area (Å²) in [4.78, 5) is 78.9. The fraction of sp³-hybridized carbons (Fsp3) is 0.739. The van der Waals surface area contributed by atoms with Gasteiger partial charge in [-0.25, -0.2) is 4.79 Å². The lowest BCUT2D eigenvalue weighted by molar-refractivity contribution is -0.145. The van der Waals surface area contributed by atoms with E-state index < -0.39 is 74.4 Å². The van der Waals surface area contributed by atoms with Crippen molar-refractivity contribution in [2.24, 2.45) is 17.6 Å². The first-order chi connectivity index (χ1) is 18.2. The van der Waals surface area contributed by atoms with Crippen LogP contribution in [-0.4, -0.2) is 86.2 Å². The molecule has 15 nitrogen and oxygen atoms in total. The summed E-state index contributed by atoms with van der Waals surface area (Å²) < 4.78 is 17.0. The number of carboxylic acid groups (broad SMARTS) is 4. The summed E-state index contributed by atoms with van der Waals surface area (Å²) >= 11 is 0. The van der Waals surface area contributed by atoms with Gasteiger partial charge in [0.05, 0.1) is 24.6 Å². The summed E-state index contributed by atoms with van der Waals surface area (Å²) in [7, 11) is -4.42. The van der Waals surface area contributed by atoms with Gasteiger partial charge in [0.15, 0.2) is 0 Å². The fourth-order valence-electron chi connectivity index (χ4n) is 3.58. The number of hydrogen-bond acceptors (Lipinski definition) is 9. The highest BCUT2D eigenvalue weighted by Crippen LogP contribution is 2.44. The highest BCUT2D eigenvalue weighted by Gasteiger charge is 2.31. The minimum Gasteiger partial charge on any atom is -0.481 e. The second-order valence-electron chi connectivity index (χ2n) is 9.14. The molecular formula is C23H39N2O13P. The van der Waals surface area contributed by atoms with Crippen molar-refractivity contribution in [2.75, 3.05) is 19.3 Å². The molecular weight excluding hydrogens is 543 g/mol. The molecule has 224 valence electrons. The second-order valence-corrected chi connectivity index (χ2v) is 11.0. The zero-order chi connectivity index (χ0) is 30.0. The van der Waals surface area contributed by atoms with Gasteiger partial charge in [-0.3, -0.25) is 28.5 Å². The van der Waals surface area contributed by atoms with Gasteiger partial charge < -0.3 is 40.9 Å². The average molecular weight is 583 g/mol. The molecule has 4 atom stereocenters. The largest absolute Gasteiger partial charge is 0.481 e. The normalized spacial score (nSPS) is 14.9. The molecule has 0 radical (unpaired) electrons. The molecule has 0 spiro atoms. The Morgan fingerprint density at radius 2 is 1.38 bits per heavy atom. The first kappa shape index (κ1) is 36.1. The van der Waals surface area contributed by atoms with E-state index in [1.54, 1.807) is 0 Å². The number of unbranched alkanes of at least 4 members (excludes halogenated alkanes) is 2. The summed E-state index contributed by atoms with van der Waals surface area (Å²) in [5.41, 5.74) is 5.38.